The summed E-state index contributed by atoms with van der Waals surface area (Å²) >= 11 is 1.35. The molecule has 0 N–H and O–H groups in total. The van der Waals surface area contributed by atoms with Crippen molar-refractivity contribution in [3.63, 3.8) is 0 Å². The Hall–Kier alpha value is -2.67. The molecule has 118 valence electrons. The minimum Gasteiger partial charge on any atom is -0.494 e. The smallest absolute Gasteiger partial charge is 0.338 e. The maximum Gasteiger partial charge on any atom is 0.338 e. The second-order valence-electron chi connectivity index (χ2n) is 4.67. The summed E-state index contributed by atoms with van der Waals surface area (Å²) in [5.41, 5.74) is 0.655. The fraction of sp³-hybridized carbons (Fsp3) is 0.188. The summed E-state index contributed by atoms with van der Waals surface area (Å²) < 4.78 is 12.0. The van der Waals surface area contributed by atoms with Crippen LogP contribution < -0.4 is 10.3 Å². The van der Waals surface area contributed by atoms with Gasteiger partial charge < -0.3 is 9.47 Å². The van der Waals surface area contributed by atoms with E-state index in [0.29, 0.717) is 28.6 Å². The Labute approximate surface area is 135 Å². The maximum atomic E-state index is 12.0. The van der Waals surface area contributed by atoms with Crippen molar-refractivity contribution < 1.29 is 14.3 Å². The SMILES string of the molecule is CCOc1ccc(C(=O)OCc2cc(=O)n3ccsc3n2)cc1. The zero-order valence-electron chi connectivity index (χ0n) is 12.4. The molecule has 2 heterocycles. The van der Waals surface area contributed by atoms with Crippen LogP contribution in [0.25, 0.3) is 4.96 Å². The number of esters is 1. The Bertz CT molecular complexity index is 883. The van der Waals surface area contributed by atoms with Gasteiger partial charge in [0.25, 0.3) is 5.56 Å². The topological polar surface area (TPSA) is 69.9 Å². The lowest BCUT2D eigenvalue weighted by Crippen LogP contribution is -2.14. The molecule has 0 unspecified atom stereocenters. The van der Waals surface area contributed by atoms with Crippen molar-refractivity contribution in [2.75, 3.05) is 6.61 Å². The number of aromatic nitrogens is 2. The number of hydrogen-bond acceptors (Lipinski definition) is 6. The van der Waals surface area contributed by atoms with Gasteiger partial charge in [-0.1, -0.05) is 0 Å². The average Bonchev–Trinajstić information content (AvgIpc) is 3.03. The van der Waals surface area contributed by atoms with Gasteiger partial charge in [0.1, 0.15) is 12.4 Å². The van der Waals surface area contributed by atoms with Crippen molar-refractivity contribution >= 4 is 22.3 Å². The van der Waals surface area contributed by atoms with E-state index in [-0.39, 0.29) is 12.2 Å². The highest BCUT2D eigenvalue weighted by molar-refractivity contribution is 7.15. The molecule has 0 amide bonds. The molecule has 1 aromatic carbocycles. The van der Waals surface area contributed by atoms with Gasteiger partial charge in [-0.05, 0) is 31.2 Å². The number of carbonyl (C=O) groups is 1. The van der Waals surface area contributed by atoms with E-state index in [0.717, 1.165) is 0 Å². The van der Waals surface area contributed by atoms with E-state index >= 15 is 0 Å². The third kappa shape index (κ3) is 3.40. The maximum absolute atomic E-state index is 12.0. The lowest BCUT2D eigenvalue weighted by atomic mass is 10.2. The van der Waals surface area contributed by atoms with Crippen molar-refractivity contribution in [2.45, 2.75) is 13.5 Å². The van der Waals surface area contributed by atoms with Gasteiger partial charge in [0, 0.05) is 17.6 Å². The summed E-state index contributed by atoms with van der Waals surface area (Å²) in [5, 5.41) is 1.78. The Morgan fingerprint density at radius 2 is 2.09 bits per heavy atom. The predicted molar refractivity (Wildman–Crippen MR) is 86.1 cm³/mol. The number of nitrogens with zero attached hydrogens (tertiary/aromatic N) is 2. The van der Waals surface area contributed by atoms with Crippen LogP contribution in [0.2, 0.25) is 0 Å². The summed E-state index contributed by atoms with van der Waals surface area (Å²) in [6, 6.07) is 8.06. The first-order valence-electron chi connectivity index (χ1n) is 7.03. The van der Waals surface area contributed by atoms with Crippen molar-refractivity contribution in [3.05, 3.63) is 63.5 Å². The Kier molecular flexibility index (Phi) is 4.38. The van der Waals surface area contributed by atoms with E-state index in [1.165, 1.54) is 21.8 Å². The Balaban J connectivity index is 1.68. The number of carbonyl (C=O) groups excluding carboxylic acids is 1. The molecule has 0 atom stereocenters. The number of rotatable bonds is 5. The number of hydrogen-bond donors (Lipinski definition) is 0. The fourth-order valence-electron chi connectivity index (χ4n) is 2.04. The molecule has 0 radical (unpaired) electrons. The predicted octanol–water partition coefficient (Wildman–Crippen LogP) is 2.51. The zero-order chi connectivity index (χ0) is 16.2. The molecule has 2 aromatic heterocycles. The summed E-state index contributed by atoms with van der Waals surface area (Å²) in [4.78, 5) is 28.7. The summed E-state index contributed by atoms with van der Waals surface area (Å²) in [6.45, 7) is 2.41. The second kappa shape index (κ2) is 6.62. The first-order valence-corrected chi connectivity index (χ1v) is 7.91. The molecule has 3 aromatic rings. The number of ether oxygens (including phenoxy) is 2. The van der Waals surface area contributed by atoms with Crippen LogP contribution in [0.4, 0.5) is 0 Å². The van der Waals surface area contributed by atoms with E-state index < -0.39 is 5.97 Å². The van der Waals surface area contributed by atoms with Gasteiger partial charge in [-0.2, -0.15) is 0 Å². The van der Waals surface area contributed by atoms with E-state index in [2.05, 4.69) is 4.98 Å². The zero-order valence-corrected chi connectivity index (χ0v) is 13.2. The normalized spacial score (nSPS) is 10.7. The van der Waals surface area contributed by atoms with Crippen LogP contribution in [-0.4, -0.2) is 22.0 Å². The Morgan fingerprint density at radius 3 is 2.83 bits per heavy atom. The van der Waals surface area contributed by atoms with Crippen molar-refractivity contribution in [1.29, 1.82) is 0 Å². The monoisotopic (exact) mass is 330 g/mol. The molecule has 6 nitrogen and oxygen atoms in total. The van der Waals surface area contributed by atoms with E-state index in [4.69, 9.17) is 9.47 Å². The molecule has 23 heavy (non-hydrogen) atoms. The molecule has 0 saturated heterocycles. The third-order valence-corrected chi connectivity index (χ3v) is 3.87. The average molecular weight is 330 g/mol. The van der Waals surface area contributed by atoms with Crippen LogP contribution >= 0.6 is 11.3 Å². The number of benzene rings is 1. The molecular weight excluding hydrogens is 316 g/mol. The van der Waals surface area contributed by atoms with Gasteiger partial charge in [-0.15, -0.1) is 11.3 Å². The molecule has 0 aliphatic carbocycles. The van der Waals surface area contributed by atoms with Crippen LogP contribution in [0.1, 0.15) is 23.0 Å². The highest BCUT2D eigenvalue weighted by Gasteiger charge is 2.10. The molecule has 7 heteroatoms. The summed E-state index contributed by atoms with van der Waals surface area (Å²) in [6.07, 6.45) is 1.66. The minimum absolute atomic E-state index is 0.0459. The third-order valence-electron chi connectivity index (χ3n) is 3.11. The van der Waals surface area contributed by atoms with Crippen molar-refractivity contribution in [1.82, 2.24) is 9.38 Å². The van der Waals surface area contributed by atoms with E-state index in [1.807, 2.05) is 6.92 Å². The summed E-state index contributed by atoms with van der Waals surface area (Å²) in [5.74, 6) is 0.225. The molecule has 0 bridgehead atoms. The van der Waals surface area contributed by atoms with Crippen LogP contribution in [0, 0.1) is 0 Å². The van der Waals surface area contributed by atoms with Crippen molar-refractivity contribution in [2.24, 2.45) is 0 Å². The standard InChI is InChI=1S/C16H14N2O4S/c1-2-21-13-5-3-11(4-6-13)15(20)22-10-12-9-14(19)18-7-8-23-16(18)17-12/h3-9H,2,10H2,1H3. The van der Waals surface area contributed by atoms with E-state index in [1.54, 1.807) is 35.8 Å². The molecule has 0 spiro atoms. The van der Waals surface area contributed by atoms with Crippen molar-refractivity contribution in [3.8, 4) is 5.75 Å². The highest BCUT2D eigenvalue weighted by Crippen LogP contribution is 2.13. The first-order chi connectivity index (χ1) is 11.2. The molecule has 0 aliphatic rings. The quantitative estimate of drug-likeness (QED) is 0.672. The first kappa shape index (κ1) is 15.2. The molecule has 0 aliphatic heterocycles. The van der Waals surface area contributed by atoms with Crippen LogP contribution in [0.5, 0.6) is 5.75 Å². The summed E-state index contributed by atoms with van der Waals surface area (Å²) in [7, 11) is 0. The molecular formula is C16H14N2O4S. The van der Waals surface area contributed by atoms with Crippen LogP contribution in [-0.2, 0) is 11.3 Å². The number of thiazole rings is 1. The van der Waals surface area contributed by atoms with Gasteiger partial charge in [-0.3, -0.25) is 9.20 Å². The highest BCUT2D eigenvalue weighted by atomic mass is 32.1. The molecule has 3 rings (SSSR count). The molecule has 0 fully saturated rings. The van der Waals surface area contributed by atoms with Gasteiger partial charge in [-0.25, -0.2) is 9.78 Å². The van der Waals surface area contributed by atoms with E-state index in [9.17, 15) is 9.59 Å². The van der Waals surface area contributed by atoms with Crippen LogP contribution in [0.15, 0.2) is 46.7 Å². The Morgan fingerprint density at radius 1 is 1.30 bits per heavy atom. The molecule has 0 saturated carbocycles. The van der Waals surface area contributed by atoms with Gasteiger partial charge >= 0.3 is 5.97 Å². The lowest BCUT2D eigenvalue weighted by Gasteiger charge is -2.06. The van der Waals surface area contributed by atoms with Gasteiger partial charge in [0.2, 0.25) is 0 Å². The number of fused-ring (bicyclic) bond motifs is 1. The minimum atomic E-state index is -0.471. The van der Waals surface area contributed by atoms with Crippen LogP contribution in [0.3, 0.4) is 0 Å². The fourth-order valence-corrected chi connectivity index (χ4v) is 2.78. The second-order valence-corrected chi connectivity index (χ2v) is 5.55. The largest absolute Gasteiger partial charge is 0.494 e. The lowest BCUT2D eigenvalue weighted by molar-refractivity contribution is 0.0467. The van der Waals surface area contributed by atoms with Gasteiger partial charge in [0.15, 0.2) is 4.96 Å². The van der Waals surface area contributed by atoms with Gasteiger partial charge in [0.05, 0.1) is 17.9 Å².